The van der Waals surface area contributed by atoms with Crippen LogP contribution in [0, 0.1) is 0 Å². The number of hydrogen-bond donors (Lipinski definition) is 1. The number of phenols is 1. The molecule has 0 unspecified atom stereocenters. The molecule has 0 aliphatic carbocycles. The van der Waals surface area contributed by atoms with E-state index in [0.29, 0.717) is 16.7 Å². The molecule has 4 rings (SSSR count). The molecule has 1 aromatic heterocycles. The molecule has 3 aromatic carbocycles. The van der Waals surface area contributed by atoms with Gasteiger partial charge in [0.05, 0.1) is 7.11 Å². The maximum atomic E-state index is 12.9. The summed E-state index contributed by atoms with van der Waals surface area (Å²) in [5, 5.41) is 10.9. The van der Waals surface area contributed by atoms with E-state index in [1.807, 2.05) is 30.3 Å². The van der Waals surface area contributed by atoms with Gasteiger partial charge in [-0.05, 0) is 47.0 Å². The third-order valence-corrected chi connectivity index (χ3v) is 4.76. The Bertz CT molecular complexity index is 1300. The number of ketones is 1. The van der Waals surface area contributed by atoms with Gasteiger partial charge in [0.2, 0.25) is 0 Å². The number of rotatable bonds is 5. The highest BCUT2D eigenvalue weighted by Crippen LogP contribution is 2.33. The Kier molecular flexibility index (Phi) is 5.18. The van der Waals surface area contributed by atoms with Gasteiger partial charge >= 0.3 is 5.63 Å². The molecule has 0 radical (unpaired) electrons. The fraction of sp³-hybridized carbons (Fsp3) is 0.0400. The first-order valence-electron chi connectivity index (χ1n) is 9.28. The summed E-state index contributed by atoms with van der Waals surface area (Å²) < 4.78 is 10.5. The molecule has 0 saturated carbocycles. The van der Waals surface area contributed by atoms with Gasteiger partial charge in [-0.15, -0.1) is 0 Å². The van der Waals surface area contributed by atoms with Crippen molar-refractivity contribution in [2.75, 3.05) is 7.11 Å². The molecule has 0 fully saturated rings. The smallest absolute Gasteiger partial charge is 0.336 e. The van der Waals surface area contributed by atoms with E-state index >= 15 is 0 Å². The van der Waals surface area contributed by atoms with Crippen LogP contribution in [0.15, 0.2) is 88.1 Å². The van der Waals surface area contributed by atoms with Gasteiger partial charge in [-0.1, -0.05) is 48.5 Å². The van der Waals surface area contributed by atoms with Crippen LogP contribution < -0.4 is 10.4 Å². The van der Waals surface area contributed by atoms with Gasteiger partial charge < -0.3 is 14.3 Å². The summed E-state index contributed by atoms with van der Waals surface area (Å²) in [5.41, 5.74) is 1.65. The lowest BCUT2D eigenvalue weighted by Gasteiger charge is -2.09. The molecular formula is C25H18O5. The molecule has 4 aromatic rings. The second-order valence-corrected chi connectivity index (χ2v) is 6.65. The van der Waals surface area contributed by atoms with Crippen LogP contribution in [0.4, 0.5) is 0 Å². The van der Waals surface area contributed by atoms with E-state index in [-0.39, 0.29) is 16.9 Å². The highest BCUT2D eigenvalue weighted by atomic mass is 16.5. The van der Waals surface area contributed by atoms with Crippen molar-refractivity contribution in [1.82, 2.24) is 0 Å². The van der Waals surface area contributed by atoms with Gasteiger partial charge in [0, 0.05) is 11.5 Å². The zero-order valence-electron chi connectivity index (χ0n) is 16.2. The SMILES string of the molecule is COc1ccc(/C=C/C(=O)c2c(O)ccc3c(-c4ccccc4)cc(=O)oc23)cc1. The molecule has 0 atom stereocenters. The number of ether oxygens (including phenoxy) is 1. The van der Waals surface area contributed by atoms with Crippen LogP contribution in [0.2, 0.25) is 0 Å². The lowest BCUT2D eigenvalue weighted by atomic mass is 9.98. The highest BCUT2D eigenvalue weighted by molar-refractivity contribution is 6.16. The summed E-state index contributed by atoms with van der Waals surface area (Å²) in [4.78, 5) is 25.1. The van der Waals surface area contributed by atoms with Crippen molar-refractivity contribution in [3.63, 3.8) is 0 Å². The number of benzene rings is 3. The number of methoxy groups -OCH3 is 1. The summed E-state index contributed by atoms with van der Waals surface area (Å²) in [6, 6.07) is 21.0. The summed E-state index contributed by atoms with van der Waals surface area (Å²) in [7, 11) is 1.58. The number of aromatic hydroxyl groups is 1. The number of phenolic OH excluding ortho intramolecular Hbond substituents is 1. The number of carbonyl (C=O) groups excluding carboxylic acids is 1. The molecule has 148 valence electrons. The fourth-order valence-electron chi connectivity index (χ4n) is 3.28. The topological polar surface area (TPSA) is 76.7 Å². The molecule has 0 aliphatic heterocycles. The predicted molar refractivity (Wildman–Crippen MR) is 116 cm³/mol. The van der Waals surface area contributed by atoms with E-state index in [4.69, 9.17) is 9.15 Å². The summed E-state index contributed by atoms with van der Waals surface area (Å²) in [6.45, 7) is 0. The molecule has 0 bridgehead atoms. The van der Waals surface area contributed by atoms with Crippen LogP contribution in [0.3, 0.4) is 0 Å². The van der Waals surface area contributed by atoms with Crippen molar-refractivity contribution >= 4 is 22.8 Å². The van der Waals surface area contributed by atoms with Crippen molar-refractivity contribution < 1.29 is 19.1 Å². The predicted octanol–water partition coefficient (Wildman–Crippen LogP) is 5.07. The highest BCUT2D eigenvalue weighted by Gasteiger charge is 2.18. The van der Waals surface area contributed by atoms with Crippen molar-refractivity contribution in [3.05, 3.63) is 100 Å². The summed E-state index contributed by atoms with van der Waals surface area (Å²) in [5.74, 6) is -0.0112. The van der Waals surface area contributed by atoms with Crippen LogP contribution >= 0.6 is 0 Å². The van der Waals surface area contributed by atoms with Gasteiger partial charge in [0.25, 0.3) is 0 Å². The Labute approximate surface area is 172 Å². The van der Waals surface area contributed by atoms with Crippen molar-refractivity contribution in [2.45, 2.75) is 0 Å². The Morgan fingerprint density at radius 1 is 1.00 bits per heavy atom. The first-order valence-corrected chi connectivity index (χ1v) is 9.28. The van der Waals surface area contributed by atoms with E-state index in [2.05, 4.69) is 0 Å². The molecule has 1 N–H and O–H groups in total. The molecule has 30 heavy (non-hydrogen) atoms. The van der Waals surface area contributed by atoms with Gasteiger partial charge in [0.15, 0.2) is 11.4 Å². The van der Waals surface area contributed by atoms with E-state index < -0.39 is 11.4 Å². The van der Waals surface area contributed by atoms with Gasteiger partial charge in [-0.2, -0.15) is 0 Å². The van der Waals surface area contributed by atoms with Gasteiger partial charge in [-0.25, -0.2) is 4.79 Å². The Hall–Kier alpha value is -4.12. The molecule has 5 heteroatoms. The van der Waals surface area contributed by atoms with E-state index in [1.54, 1.807) is 43.5 Å². The molecule has 5 nitrogen and oxygen atoms in total. The molecule has 0 amide bonds. The first kappa shape index (κ1) is 19.2. The van der Waals surface area contributed by atoms with Crippen molar-refractivity contribution in [3.8, 4) is 22.6 Å². The van der Waals surface area contributed by atoms with Crippen LogP contribution in [0.1, 0.15) is 15.9 Å². The fourth-order valence-corrected chi connectivity index (χ4v) is 3.28. The first-order chi connectivity index (χ1) is 14.6. The largest absolute Gasteiger partial charge is 0.507 e. The Morgan fingerprint density at radius 2 is 1.73 bits per heavy atom. The van der Waals surface area contributed by atoms with Gasteiger partial charge in [0.1, 0.15) is 17.1 Å². The van der Waals surface area contributed by atoms with Crippen molar-refractivity contribution in [1.29, 1.82) is 0 Å². The standard InChI is InChI=1S/C25H18O5/c1-29-18-10-7-16(8-11-18)9-13-21(26)24-22(27)14-12-19-20(15-23(28)30-25(19)24)17-5-3-2-4-6-17/h2-15,27H,1H3/b13-9+. The second-order valence-electron chi connectivity index (χ2n) is 6.65. The summed E-state index contributed by atoms with van der Waals surface area (Å²) in [6.07, 6.45) is 2.96. The lowest BCUT2D eigenvalue weighted by Crippen LogP contribution is -2.03. The minimum Gasteiger partial charge on any atom is -0.507 e. The molecule has 1 heterocycles. The lowest BCUT2D eigenvalue weighted by molar-refractivity contribution is 0.104. The van der Waals surface area contributed by atoms with E-state index in [9.17, 15) is 14.7 Å². The van der Waals surface area contributed by atoms with Crippen LogP contribution in [0.25, 0.3) is 28.2 Å². The minimum absolute atomic E-state index is 0.0489. The van der Waals surface area contributed by atoms with Crippen LogP contribution in [-0.2, 0) is 0 Å². The zero-order valence-corrected chi connectivity index (χ0v) is 16.2. The third-order valence-electron chi connectivity index (χ3n) is 4.76. The minimum atomic E-state index is -0.597. The number of hydrogen-bond acceptors (Lipinski definition) is 5. The second kappa shape index (κ2) is 8.09. The normalized spacial score (nSPS) is 11.1. The summed E-state index contributed by atoms with van der Waals surface area (Å²) >= 11 is 0. The molecule has 0 aliphatic rings. The quantitative estimate of drug-likeness (QED) is 0.289. The average Bonchev–Trinajstić information content (AvgIpc) is 2.77. The number of carbonyl (C=O) groups is 1. The monoisotopic (exact) mass is 398 g/mol. The zero-order chi connectivity index (χ0) is 21.1. The maximum absolute atomic E-state index is 12.9. The number of allylic oxidation sites excluding steroid dienone is 1. The van der Waals surface area contributed by atoms with Gasteiger partial charge in [-0.3, -0.25) is 4.79 Å². The molecule has 0 spiro atoms. The maximum Gasteiger partial charge on any atom is 0.336 e. The van der Waals surface area contributed by atoms with Crippen LogP contribution in [-0.4, -0.2) is 18.0 Å². The Morgan fingerprint density at radius 3 is 2.43 bits per heavy atom. The average molecular weight is 398 g/mol. The molecule has 0 saturated heterocycles. The number of fused-ring (bicyclic) bond motifs is 1. The Balaban J connectivity index is 1.81. The van der Waals surface area contributed by atoms with Crippen LogP contribution in [0.5, 0.6) is 11.5 Å². The third kappa shape index (κ3) is 3.73. The van der Waals surface area contributed by atoms with Crippen molar-refractivity contribution in [2.24, 2.45) is 0 Å². The van der Waals surface area contributed by atoms with E-state index in [0.717, 1.165) is 11.1 Å². The molecular weight excluding hydrogens is 380 g/mol. The van der Waals surface area contributed by atoms with E-state index in [1.165, 1.54) is 18.2 Å².